The fourth-order valence-corrected chi connectivity index (χ4v) is 2.64. The number of hydrogen-bond donors (Lipinski definition) is 0. The van der Waals surface area contributed by atoms with Crippen molar-refractivity contribution in [2.24, 2.45) is 0 Å². The van der Waals surface area contributed by atoms with E-state index in [1.54, 1.807) is 24.3 Å². The minimum atomic E-state index is -1.04. The molecule has 0 bridgehead atoms. The van der Waals surface area contributed by atoms with Crippen molar-refractivity contribution in [3.8, 4) is 11.8 Å². The number of ether oxygens (including phenoxy) is 2. The van der Waals surface area contributed by atoms with Gasteiger partial charge in [0.15, 0.2) is 11.6 Å². The predicted molar refractivity (Wildman–Crippen MR) is 87.1 cm³/mol. The monoisotopic (exact) mass is 345 g/mol. The van der Waals surface area contributed by atoms with Crippen molar-refractivity contribution in [2.75, 3.05) is 14.2 Å². The van der Waals surface area contributed by atoms with E-state index >= 15 is 0 Å². The Kier molecular flexibility index (Phi) is 6.07. The van der Waals surface area contributed by atoms with Gasteiger partial charge in [-0.1, -0.05) is 18.2 Å². The summed E-state index contributed by atoms with van der Waals surface area (Å²) in [6, 6.07) is 12.3. The van der Waals surface area contributed by atoms with E-state index in [1.807, 2.05) is 0 Å². The average molecular weight is 345 g/mol. The van der Waals surface area contributed by atoms with Crippen LogP contribution in [0, 0.1) is 23.0 Å². The molecule has 0 saturated carbocycles. The van der Waals surface area contributed by atoms with Gasteiger partial charge < -0.3 is 9.47 Å². The largest absolute Gasteiger partial charge is 0.497 e. The van der Waals surface area contributed by atoms with Crippen molar-refractivity contribution in [1.29, 1.82) is 5.26 Å². The second kappa shape index (κ2) is 8.25. The van der Waals surface area contributed by atoms with E-state index in [0.29, 0.717) is 16.9 Å². The molecule has 4 nitrogen and oxygen atoms in total. The van der Waals surface area contributed by atoms with Gasteiger partial charge in [-0.2, -0.15) is 5.26 Å². The molecule has 0 heterocycles. The number of hydrogen-bond acceptors (Lipinski definition) is 4. The second-order valence-corrected chi connectivity index (χ2v) is 5.44. The van der Waals surface area contributed by atoms with Crippen LogP contribution >= 0.6 is 0 Å². The van der Waals surface area contributed by atoms with Gasteiger partial charge in [-0.3, -0.25) is 4.79 Å². The fourth-order valence-electron chi connectivity index (χ4n) is 2.64. The first kappa shape index (κ1) is 18.4. The molecule has 0 aliphatic heterocycles. The van der Waals surface area contributed by atoms with Crippen LogP contribution in [0.1, 0.15) is 29.4 Å². The van der Waals surface area contributed by atoms with Crippen LogP contribution in [-0.2, 0) is 9.53 Å². The number of methoxy groups -OCH3 is 2. The predicted octanol–water partition coefficient (Wildman–Crippen LogP) is 3.93. The number of carbonyl (C=O) groups excluding carboxylic acids is 1. The first-order valence-electron chi connectivity index (χ1n) is 7.55. The maximum atomic E-state index is 13.6. The summed E-state index contributed by atoms with van der Waals surface area (Å²) in [5.74, 6) is -3.32. The third-order valence-electron chi connectivity index (χ3n) is 4.00. The number of benzene rings is 2. The summed E-state index contributed by atoms with van der Waals surface area (Å²) in [6.45, 7) is 0. The Bertz CT molecular complexity index is 784. The van der Waals surface area contributed by atoms with Crippen LogP contribution in [0.25, 0.3) is 0 Å². The van der Waals surface area contributed by atoms with Gasteiger partial charge in [-0.15, -0.1) is 0 Å². The SMILES string of the molecule is COC(=O)CC(c1ccc(OC)cc1)C(C#N)c1ccc(F)c(F)c1. The van der Waals surface area contributed by atoms with Crippen LogP contribution in [0.3, 0.4) is 0 Å². The molecule has 0 spiro atoms. The van der Waals surface area contributed by atoms with Crippen molar-refractivity contribution in [2.45, 2.75) is 18.3 Å². The quantitative estimate of drug-likeness (QED) is 0.745. The van der Waals surface area contributed by atoms with E-state index in [4.69, 9.17) is 9.47 Å². The number of rotatable bonds is 6. The molecule has 0 fully saturated rings. The molecule has 0 N–H and O–H groups in total. The van der Waals surface area contributed by atoms with Gasteiger partial charge in [0.2, 0.25) is 0 Å². The zero-order chi connectivity index (χ0) is 18.4. The van der Waals surface area contributed by atoms with Gasteiger partial charge in [0.1, 0.15) is 5.75 Å². The number of halogens is 2. The zero-order valence-electron chi connectivity index (χ0n) is 13.8. The normalized spacial score (nSPS) is 12.8. The van der Waals surface area contributed by atoms with Crippen molar-refractivity contribution in [3.63, 3.8) is 0 Å². The van der Waals surface area contributed by atoms with Gasteiger partial charge in [0.25, 0.3) is 0 Å². The molecule has 2 aromatic carbocycles. The second-order valence-electron chi connectivity index (χ2n) is 5.44. The summed E-state index contributed by atoms with van der Waals surface area (Å²) in [5.41, 5.74) is 0.994. The van der Waals surface area contributed by atoms with Gasteiger partial charge in [0.05, 0.1) is 32.6 Å². The molecule has 2 atom stereocenters. The molecular weight excluding hydrogens is 328 g/mol. The molecule has 0 saturated heterocycles. The first-order chi connectivity index (χ1) is 12.0. The van der Waals surface area contributed by atoms with Crippen LogP contribution in [0.15, 0.2) is 42.5 Å². The van der Waals surface area contributed by atoms with Crippen molar-refractivity contribution in [3.05, 3.63) is 65.2 Å². The highest BCUT2D eigenvalue weighted by Crippen LogP contribution is 2.36. The lowest BCUT2D eigenvalue weighted by Crippen LogP contribution is -2.16. The minimum Gasteiger partial charge on any atom is -0.497 e. The van der Waals surface area contributed by atoms with E-state index in [1.165, 1.54) is 20.3 Å². The Balaban J connectivity index is 2.45. The van der Waals surface area contributed by atoms with Crippen molar-refractivity contribution < 1.29 is 23.0 Å². The molecule has 2 unspecified atom stereocenters. The summed E-state index contributed by atoms with van der Waals surface area (Å²) in [6.07, 6.45) is -0.0694. The first-order valence-corrected chi connectivity index (χ1v) is 7.55. The average Bonchev–Trinajstić information content (AvgIpc) is 2.64. The van der Waals surface area contributed by atoms with E-state index in [2.05, 4.69) is 6.07 Å². The maximum absolute atomic E-state index is 13.6. The van der Waals surface area contributed by atoms with E-state index in [0.717, 1.165) is 12.1 Å². The highest BCUT2D eigenvalue weighted by Gasteiger charge is 2.28. The van der Waals surface area contributed by atoms with Crippen LogP contribution in [0.2, 0.25) is 0 Å². The Hall–Kier alpha value is -2.94. The molecule has 25 heavy (non-hydrogen) atoms. The highest BCUT2D eigenvalue weighted by atomic mass is 19.2. The number of esters is 1. The van der Waals surface area contributed by atoms with E-state index in [9.17, 15) is 18.8 Å². The van der Waals surface area contributed by atoms with Gasteiger partial charge in [-0.05, 0) is 35.4 Å². The lowest BCUT2D eigenvalue weighted by molar-refractivity contribution is -0.141. The summed E-state index contributed by atoms with van der Waals surface area (Å²) < 4.78 is 36.6. The molecule has 2 rings (SSSR count). The Morgan fingerprint density at radius 1 is 1.08 bits per heavy atom. The Morgan fingerprint density at radius 3 is 2.24 bits per heavy atom. The summed E-state index contributed by atoms with van der Waals surface area (Å²) in [7, 11) is 2.78. The fraction of sp³-hybridized carbons (Fsp3) is 0.263. The molecule has 0 radical (unpaired) electrons. The number of nitrogens with zero attached hydrogens (tertiary/aromatic N) is 1. The van der Waals surface area contributed by atoms with Crippen LogP contribution in [-0.4, -0.2) is 20.2 Å². The van der Waals surface area contributed by atoms with Crippen LogP contribution in [0.5, 0.6) is 5.75 Å². The molecule has 130 valence electrons. The van der Waals surface area contributed by atoms with Gasteiger partial charge in [-0.25, -0.2) is 8.78 Å². The zero-order valence-corrected chi connectivity index (χ0v) is 13.8. The van der Waals surface area contributed by atoms with Crippen LogP contribution in [0.4, 0.5) is 8.78 Å². The third kappa shape index (κ3) is 4.32. The van der Waals surface area contributed by atoms with Gasteiger partial charge >= 0.3 is 5.97 Å². The molecule has 0 amide bonds. The third-order valence-corrected chi connectivity index (χ3v) is 4.00. The molecule has 0 aliphatic carbocycles. The molecule has 0 aliphatic rings. The Morgan fingerprint density at radius 2 is 1.72 bits per heavy atom. The van der Waals surface area contributed by atoms with Gasteiger partial charge in [0, 0.05) is 5.92 Å². The summed E-state index contributed by atoms with van der Waals surface area (Å²) in [4.78, 5) is 11.8. The van der Waals surface area contributed by atoms with E-state index < -0.39 is 29.4 Å². The maximum Gasteiger partial charge on any atom is 0.306 e. The highest BCUT2D eigenvalue weighted by molar-refractivity contribution is 5.71. The molecular formula is C19H17F2NO3. The number of nitriles is 1. The molecule has 2 aromatic rings. The smallest absolute Gasteiger partial charge is 0.306 e. The molecule has 0 aromatic heterocycles. The standard InChI is InChI=1S/C19H17F2NO3/c1-24-14-6-3-12(4-7-14)15(10-19(23)25-2)16(11-22)13-5-8-17(20)18(21)9-13/h3-9,15-16H,10H2,1-2H3. The summed E-state index contributed by atoms with van der Waals surface area (Å²) in [5, 5.41) is 9.61. The lowest BCUT2D eigenvalue weighted by atomic mass is 9.80. The molecule has 6 heteroatoms. The number of carbonyl (C=O) groups is 1. The lowest BCUT2D eigenvalue weighted by Gasteiger charge is -2.22. The van der Waals surface area contributed by atoms with Crippen molar-refractivity contribution >= 4 is 5.97 Å². The minimum absolute atomic E-state index is 0.0694. The van der Waals surface area contributed by atoms with Crippen molar-refractivity contribution in [1.82, 2.24) is 0 Å². The van der Waals surface area contributed by atoms with E-state index in [-0.39, 0.29) is 6.42 Å². The van der Waals surface area contributed by atoms with Crippen LogP contribution < -0.4 is 4.74 Å². The summed E-state index contributed by atoms with van der Waals surface area (Å²) >= 11 is 0. The topological polar surface area (TPSA) is 59.3 Å². The Labute approximate surface area is 144 Å².